The molecule has 1 aromatic heterocycles. The fourth-order valence-corrected chi connectivity index (χ4v) is 9.70. The van der Waals surface area contributed by atoms with Crippen molar-refractivity contribution in [3.63, 3.8) is 0 Å². The first-order valence-electron chi connectivity index (χ1n) is 17.9. The number of carbonyl (C=O) groups is 4. The topological polar surface area (TPSA) is 163 Å². The van der Waals surface area contributed by atoms with Crippen molar-refractivity contribution >= 4 is 45.8 Å². The van der Waals surface area contributed by atoms with Crippen LogP contribution in [0.15, 0.2) is 33.5 Å². The molecule has 2 saturated heterocycles. The third-order valence-electron chi connectivity index (χ3n) is 14.3. The van der Waals surface area contributed by atoms with Crippen molar-refractivity contribution in [3.8, 4) is 17.2 Å². The SMILES string of the molecule is COc1cccc2oc3c4c(cc(OC)c3c(=O)c12)OC(C)(C)[C@H](OC(=O)C12CCC(C)(C(=O)O1)C2(C)C)[C@@H]4OC(=O)C12CCC(C)(C(=O)O1)C2(C)C. The molecule has 0 radical (unpaired) electrons. The number of hydrogen-bond donors (Lipinski definition) is 0. The van der Waals surface area contributed by atoms with E-state index in [1.54, 1.807) is 59.7 Å². The standard InChI is InChI=1S/C40H44O13/c1-34(2)29(50-33(45)40-17-15-38(8,31(43)53-40)36(40,5)6)28(49-32(44)39-16-14-37(7,30(42)52-39)35(39,3)4)25-22(51-34)18-21(47-10)24-26(41)23-19(46-9)12-11-13-20(23)48-27(24)25/h11-13,18,28-29H,14-17H2,1-10H3/t28-,29-,37?,38?,39?,40?/m1/s1. The molecule has 6 atom stereocenters. The first kappa shape index (κ1) is 35.2. The Morgan fingerprint density at radius 1 is 0.698 bits per heavy atom. The maximum absolute atomic E-state index is 14.8. The molecule has 13 heteroatoms. The number of ether oxygens (including phenoxy) is 7. The summed E-state index contributed by atoms with van der Waals surface area (Å²) in [7, 11) is 2.84. The number of rotatable bonds is 6. The molecule has 2 saturated carbocycles. The molecule has 0 spiro atoms. The first-order valence-corrected chi connectivity index (χ1v) is 17.9. The predicted octanol–water partition coefficient (Wildman–Crippen LogP) is 5.87. The van der Waals surface area contributed by atoms with Crippen molar-refractivity contribution in [1.29, 1.82) is 0 Å². The fourth-order valence-electron chi connectivity index (χ4n) is 9.70. The zero-order valence-electron chi connectivity index (χ0n) is 31.6. The Morgan fingerprint density at radius 3 is 1.74 bits per heavy atom. The van der Waals surface area contributed by atoms with Crippen LogP contribution in [0.3, 0.4) is 0 Å². The molecule has 3 aliphatic heterocycles. The van der Waals surface area contributed by atoms with E-state index in [4.69, 9.17) is 37.6 Å². The maximum atomic E-state index is 14.8. The molecule has 0 amide bonds. The summed E-state index contributed by atoms with van der Waals surface area (Å²) in [6.07, 6.45) is -1.63. The second kappa shape index (κ2) is 10.4. The molecule has 53 heavy (non-hydrogen) atoms. The smallest absolute Gasteiger partial charge is 0.351 e. The molecule has 3 aromatic rings. The Morgan fingerprint density at radius 2 is 1.25 bits per heavy atom. The van der Waals surface area contributed by atoms with Crippen molar-refractivity contribution in [2.24, 2.45) is 21.7 Å². The average Bonchev–Trinajstić information content (AvgIpc) is 3.56. The molecule has 4 heterocycles. The lowest BCUT2D eigenvalue weighted by atomic mass is 9.66. The number of hydrogen-bond acceptors (Lipinski definition) is 13. The summed E-state index contributed by atoms with van der Waals surface area (Å²) in [6, 6.07) is 6.40. The molecule has 4 bridgehead atoms. The van der Waals surface area contributed by atoms with E-state index in [0.717, 1.165) is 0 Å². The highest BCUT2D eigenvalue weighted by molar-refractivity contribution is 5.99. The van der Waals surface area contributed by atoms with E-state index >= 15 is 0 Å². The number of esters is 4. The van der Waals surface area contributed by atoms with Crippen LogP contribution in [0.5, 0.6) is 17.2 Å². The van der Waals surface area contributed by atoms with Crippen molar-refractivity contribution in [2.75, 3.05) is 14.2 Å². The summed E-state index contributed by atoms with van der Waals surface area (Å²) < 4.78 is 48.9. The van der Waals surface area contributed by atoms with Gasteiger partial charge >= 0.3 is 23.9 Å². The Hall–Kier alpha value is -4.81. The normalized spacial score (nSPS) is 33.9. The summed E-state index contributed by atoms with van der Waals surface area (Å²) in [5.41, 5.74) is -8.72. The fraction of sp³-hybridized carbons (Fsp3) is 0.575. The summed E-state index contributed by atoms with van der Waals surface area (Å²) in [6.45, 7) is 14.1. The highest BCUT2D eigenvalue weighted by Gasteiger charge is 2.78. The Bertz CT molecular complexity index is 2250. The van der Waals surface area contributed by atoms with E-state index in [-0.39, 0.29) is 57.6 Å². The first-order chi connectivity index (χ1) is 24.7. The molecule has 0 N–H and O–H groups in total. The summed E-state index contributed by atoms with van der Waals surface area (Å²) in [4.78, 5) is 70.1. The molecule has 4 unspecified atom stereocenters. The van der Waals surface area contributed by atoms with Crippen molar-refractivity contribution < 1.29 is 56.8 Å². The van der Waals surface area contributed by atoms with Crippen molar-refractivity contribution in [3.05, 3.63) is 40.1 Å². The van der Waals surface area contributed by atoms with Gasteiger partial charge in [0.1, 0.15) is 39.2 Å². The molecule has 13 nitrogen and oxygen atoms in total. The largest absolute Gasteiger partial charge is 0.496 e. The molecule has 2 aliphatic carbocycles. The van der Waals surface area contributed by atoms with Gasteiger partial charge in [-0.15, -0.1) is 0 Å². The molecule has 5 aliphatic rings. The highest BCUT2D eigenvalue weighted by atomic mass is 16.7. The quantitative estimate of drug-likeness (QED) is 0.168. The van der Waals surface area contributed by atoms with Crippen molar-refractivity contribution in [2.45, 2.75) is 110 Å². The monoisotopic (exact) mass is 732 g/mol. The summed E-state index contributed by atoms with van der Waals surface area (Å²) in [5, 5.41) is 0.166. The Labute approximate surface area is 305 Å². The van der Waals surface area contributed by atoms with Crippen LogP contribution in [0.1, 0.15) is 92.7 Å². The average molecular weight is 733 g/mol. The Kier molecular flexibility index (Phi) is 6.94. The van der Waals surface area contributed by atoms with E-state index < -0.39 is 80.0 Å². The van der Waals surface area contributed by atoms with Crippen molar-refractivity contribution in [1.82, 2.24) is 0 Å². The highest BCUT2D eigenvalue weighted by Crippen LogP contribution is 2.68. The van der Waals surface area contributed by atoms with E-state index in [2.05, 4.69) is 0 Å². The van der Waals surface area contributed by atoms with Crippen LogP contribution in [-0.2, 0) is 38.1 Å². The minimum Gasteiger partial charge on any atom is -0.496 e. The van der Waals surface area contributed by atoms with Gasteiger partial charge in [-0.3, -0.25) is 14.4 Å². The second-order valence-corrected chi connectivity index (χ2v) is 17.2. The predicted molar refractivity (Wildman–Crippen MR) is 186 cm³/mol. The van der Waals surface area contributed by atoms with Gasteiger partial charge in [-0.2, -0.15) is 0 Å². The van der Waals surface area contributed by atoms with Gasteiger partial charge in [0.2, 0.25) is 16.6 Å². The summed E-state index contributed by atoms with van der Waals surface area (Å²) in [5.74, 6) is -2.13. The van der Waals surface area contributed by atoms with Gasteiger partial charge in [0.25, 0.3) is 0 Å². The molecule has 282 valence electrons. The third-order valence-corrected chi connectivity index (χ3v) is 14.3. The van der Waals surface area contributed by atoms with Crippen LogP contribution in [0.25, 0.3) is 21.9 Å². The number of carbonyl (C=O) groups excluding carboxylic acids is 4. The van der Waals surface area contributed by atoms with Gasteiger partial charge in [0.15, 0.2) is 17.8 Å². The Balaban J connectivity index is 1.34. The minimum absolute atomic E-state index is 0.00733. The van der Waals surface area contributed by atoms with Crippen LogP contribution in [0, 0.1) is 21.7 Å². The van der Waals surface area contributed by atoms with Crippen LogP contribution in [-0.4, -0.2) is 61.0 Å². The molecule has 2 aromatic carbocycles. The molecule has 4 fully saturated rings. The second-order valence-electron chi connectivity index (χ2n) is 17.2. The van der Waals surface area contributed by atoms with Gasteiger partial charge < -0.3 is 37.6 Å². The van der Waals surface area contributed by atoms with Crippen LogP contribution in [0.4, 0.5) is 0 Å². The molecular formula is C40H44O13. The molecular weight excluding hydrogens is 688 g/mol. The zero-order chi connectivity index (χ0) is 38.5. The van der Waals surface area contributed by atoms with Gasteiger partial charge in [-0.05, 0) is 65.5 Å². The lowest BCUT2D eigenvalue weighted by Crippen LogP contribution is -2.57. The minimum atomic E-state index is -1.66. The van der Waals surface area contributed by atoms with E-state index in [1.165, 1.54) is 20.3 Å². The maximum Gasteiger partial charge on any atom is 0.351 e. The van der Waals surface area contributed by atoms with E-state index in [1.807, 2.05) is 13.8 Å². The lowest BCUT2D eigenvalue weighted by Gasteiger charge is -2.46. The number of fused-ring (bicyclic) bond motifs is 8. The van der Waals surface area contributed by atoms with E-state index in [0.29, 0.717) is 12.8 Å². The van der Waals surface area contributed by atoms with Gasteiger partial charge in [0, 0.05) is 16.9 Å². The van der Waals surface area contributed by atoms with Gasteiger partial charge in [-0.25, -0.2) is 9.59 Å². The molecule has 8 rings (SSSR count). The zero-order valence-corrected chi connectivity index (χ0v) is 31.6. The van der Waals surface area contributed by atoms with Crippen LogP contribution < -0.4 is 19.6 Å². The third kappa shape index (κ3) is 3.95. The summed E-state index contributed by atoms with van der Waals surface area (Å²) >= 11 is 0. The van der Waals surface area contributed by atoms with Gasteiger partial charge in [-0.1, -0.05) is 33.8 Å². The number of methoxy groups -OCH3 is 2. The van der Waals surface area contributed by atoms with Crippen LogP contribution >= 0.6 is 0 Å². The number of benzene rings is 2. The van der Waals surface area contributed by atoms with Gasteiger partial charge in [0.05, 0.1) is 30.6 Å². The lowest BCUT2D eigenvalue weighted by molar-refractivity contribution is -0.217. The van der Waals surface area contributed by atoms with E-state index in [9.17, 15) is 24.0 Å². The van der Waals surface area contributed by atoms with Crippen LogP contribution in [0.2, 0.25) is 0 Å².